The number of hydrazone groups is 1. The van der Waals surface area contributed by atoms with Crippen LogP contribution in [0, 0.1) is 12.3 Å². The molecule has 1 amide bonds. The molecule has 0 radical (unpaired) electrons. The molecule has 178 valence electrons. The number of rotatable bonds is 2. The molecule has 2 atom stereocenters. The highest BCUT2D eigenvalue weighted by molar-refractivity contribution is 9.10. The van der Waals surface area contributed by atoms with Crippen molar-refractivity contribution in [2.45, 2.75) is 26.3 Å². The van der Waals surface area contributed by atoms with Gasteiger partial charge in [-0.1, -0.05) is 51.3 Å². The lowest BCUT2D eigenvalue weighted by atomic mass is 9.67. The van der Waals surface area contributed by atoms with Gasteiger partial charge in [-0.3, -0.25) is 4.79 Å². The Morgan fingerprint density at radius 1 is 1.00 bits per heavy atom. The summed E-state index contributed by atoms with van der Waals surface area (Å²) in [6.45, 7) is 6.46. The van der Waals surface area contributed by atoms with Gasteiger partial charge in [-0.25, -0.2) is 0 Å². The standard InChI is InChI=1S/C28H26BrClN4O/c1-18-6-9-23(10-7-18)34-27(35)28(19(2)31-34)16-20-14-21(29)8-11-25(20)33-13-12-32(17-26(28)33)24-5-3-4-22(30)15-24/h3-11,14-15,26H,12-13,16-17H2,1-2H3/t26-,28-/m0/s1. The number of benzene rings is 3. The first kappa shape index (κ1) is 22.6. The molecule has 1 saturated heterocycles. The Morgan fingerprint density at radius 3 is 2.57 bits per heavy atom. The minimum atomic E-state index is -0.740. The van der Waals surface area contributed by atoms with Crippen molar-refractivity contribution in [3.8, 4) is 0 Å². The van der Waals surface area contributed by atoms with E-state index in [1.165, 1.54) is 11.3 Å². The number of amides is 1. The predicted octanol–water partition coefficient (Wildman–Crippen LogP) is 6.07. The van der Waals surface area contributed by atoms with Crippen LogP contribution < -0.4 is 14.8 Å². The number of piperazine rings is 1. The number of hydrogen-bond acceptors (Lipinski definition) is 4. The van der Waals surface area contributed by atoms with Crippen LogP contribution in [0.2, 0.25) is 5.02 Å². The third kappa shape index (κ3) is 3.57. The SMILES string of the molecule is CC1=NN(c2ccc(C)cc2)C(=O)[C@@]12Cc1cc(Br)ccc1N1CCN(c3cccc(Cl)c3)C[C@H]12. The first-order valence-electron chi connectivity index (χ1n) is 11.9. The highest BCUT2D eigenvalue weighted by atomic mass is 79.9. The minimum absolute atomic E-state index is 0.0457. The molecule has 0 bridgehead atoms. The molecule has 3 heterocycles. The van der Waals surface area contributed by atoms with E-state index >= 15 is 0 Å². The molecule has 0 aromatic heterocycles. The van der Waals surface area contributed by atoms with Crippen molar-refractivity contribution in [3.05, 3.63) is 87.4 Å². The van der Waals surface area contributed by atoms with Gasteiger partial charge in [0.05, 0.1) is 17.4 Å². The smallest absolute Gasteiger partial charge is 0.261 e. The topological polar surface area (TPSA) is 39.2 Å². The number of carbonyl (C=O) groups is 1. The number of hydrogen-bond donors (Lipinski definition) is 0. The van der Waals surface area contributed by atoms with Crippen LogP contribution in [0.5, 0.6) is 0 Å². The summed E-state index contributed by atoms with van der Waals surface area (Å²) in [6.07, 6.45) is 0.628. The Hall–Kier alpha value is -2.83. The van der Waals surface area contributed by atoms with E-state index in [2.05, 4.69) is 50.0 Å². The summed E-state index contributed by atoms with van der Waals surface area (Å²) in [5, 5.41) is 7.21. The second-order valence-corrected chi connectivity index (χ2v) is 11.0. The molecule has 0 unspecified atom stereocenters. The Balaban J connectivity index is 1.46. The first-order valence-corrected chi connectivity index (χ1v) is 13.1. The van der Waals surface area contributed by atoms with Crippen LogP contribution in [0.1, 0.15) is 18.1 Å². The fraction of sp³-hybridized carbons (Fsp3) is 0.286. The molecule has 3 aliphatic heterocycles. The summed E-state index contributed by atoms with van der Waals surface area (Å²) in [7, 11) is 0. The molecule has 35 heavy (non-hydrogen) atoms. The Morgan fingerprint density at radius 2 is 1.80 bits per heavy atom. The molecule has 6 rings (SSSR count). The van der Waals surface area contributed by atoms with Crippen molar-refractivity contribution >= 4 is 56.2 Å². The lowest BCUT2D eigenvalue weighted by Gasteiger charge is -2.53. The molecular weight excluding hydrogens is 524 g/mol. The van der Waals surface area contributed by atoms with Crippen LogP contribution in [-0.4, -0.2) is 37.3 Å². The molecule has 7 heteroatoms. The van der Waals surface area contributed by atoms with E-state index in [0.717, 1.165) is 51.8 Å². The average Bonchev–Trinajstić information content (AvgIpc) is 3.09. The highest BCUT2D eigenvalue weighted by Gasteiger charge is 2.60. The summed E-state index contributed by atoms with van der Waals surface area (Å²) in [5.41, 5.74) is 5.58. The normalized spacial score (nSPS) is 23.4. The van der Waals surface area contributed by atoms with E-state index in [1.807, 2.05) is 56.3 Å². The number of anilines is 3. The Kier molecular flexibility index (Phi) is 5.42. The number of halogens is 2. The maximum atomic E-state index is 14.4. The van der Waals surface area contributed by atoms with Gasteiger partial charge in [-0.15, -0.1) is 0 Å². The molecular formula is C28H26BrClN4O. The molecule has 0 saturated carbocycles. The van der Waals surface area contributed by atoms with Crippen molar-refractivity contribution in [3.63, 3.8) is 0 Å². The number of aryl methyl sites for hydroxylation is 1. The van der Waals surface area contributed by atoms with Gasteiger partial charge in [0.15, 0.2) is 0 Å². The van der Waals surface area contributed by atoms with E-state index in [9.17, 15) is 4.79 Å². The van der Waals surface area contributed by atoms with Crippen LogP contribution in [0.25, 0.3) is 0 Å². The maximum Gasteiger partial charge on any atom is 0.261 e. The lowest BCUT2D eigenvalue weighted by molar-refractivity contribution is -0.125. The summed E-state index contributed by atoms with van der Waals surface area (Å²) >= 11 is 9.97. The molecule has 3 aromatic rings. The second-order valence-electron chi connectivity index (χ2n) is 9.69. The second kappa shape index (κ2) is 8.38. The van der Waals surface area contributed by atoms with E-state index in [1.54, 1.807) is 5.01 Å². The number of carbonyl (C=O) groups excluding carboxylic acids is 1. The number of fused-ring (bicyclic) bond motifs is 4. The van der Waals surface area contributed by atoms with Gasteiger partial charge < -0.3 is 9.80 Å². The van der Waals surface area contributed by atoms with Crippen LogP contribution in [0.15, 0.2) is 76.3 Å². The van der Waals surface area contributed by atoms with E-state index in [0.29, 0.717) is 6.42 Å². The van der Waals surface area contributed by atoms with E-state index < -0.39 is 5.41 Å². The van der Waals surface area contributed by atoms with Gasteiger partial charge in [0.1, 0.15) is 5.41 Å². The molecule has 0 N–H and O–H groups in total. The summed E-state index contributed by atoms with van der Waals surface area (Å²) in [6, 6.07) is 22.4. The quantitative estimate of drug-likeness (QED) is 0.389. The largest absolute Gasteiger partial charge is 0.368 e. The number of nitrogens with zero attached hydrogens (tertiary/aromatic N) is 4. The maximum absolute atomic E-state index is 14.4. The molecule has 0 aliphatic carbocycles. The molecule has 1 spiro atoms. The van der Waals surface area contributed by atoms with Gasteiger partial charge in [0, 0.05) is 40.5 Å². The van der Waals surface area contributed by atoms with Gasteiger partial charge >= 0.3 is 0 Å². The summed E-state index contributed by atoms with van der Waals surface area (Å²) in [5.74, 6) is 0.0485. The van der Waals surface area contributed by atoms with E-state index in [-0.39, 0.29) is 11.9 Å². The third-order valence-electron chi connectivity index (χ3n) is 7.69. The fourth-order valence-corrected chi connectivity index (χ4v) is 6.46. The van der Waals surface area contributed by atoms with Crippen molar-refractivity contribution in [1.29, 1.82) is 0 Å². The minimum Gasteiger partial charge on any atom is -0.368 e. The van der Waals surface area contributed by atoms with Gasteiger partial charge in [-0.2, -0.15) is 10.1 Å². The fourth-order valence-electron chi connectivity index (χ4n) is 5.87. The van der Waals surface area contributed by atoms with Gasteiger partial charge in [0.2, 0.25) is 0 Å². The van der Waals surface area contributed by atoms with Crippen molar-refractivity contribution in [1.82, 2.24) is 0 Å². The third-order valence-corrected chi connectivity index (χ3v) is 8.42. The summed E-state index contributed by atoms with van der Waals surface area (Å²) in [4.78, 5) is 19.1. The first-order chi connectivity index (χ1) is 16.9. The van der Waals surface area contributed by atoms with Crippen molar-refractivity contribution < 1.29 is 4.79 Å². The zero-order valence-corrected chi connectivity index (χ0v) is 22.1. The van der Waals surface area contributed by atoms with E-state index in [4.69, 9.17) is 16.7 Å². The van der Waals surface area contributed by atoms with Crippen molar-refractivity contribution in [2.24, 2.45) is 10.5 Å². The molecule has 3 aliphatic rings. The highest BCUT2D eigenvalue weighted by Crippen LogP contribution is 2.49. The lowest BCUT2D eigenvalue weighted by Crippen LogP contribution is -2.67. The van der Waals surface area contributed by atoms with Gasteiger partial charge in [0.25, 0.3) is 5.91 Å². The summed E-state index contributed by atoms with van der Waals surface area (Å²) < 4.78 is 1.03. The molecule has 1 fully saturated rings. The monoisotopic (exact) mass is 548 g/mol. The zero-order valence-electron chi connectivity index (χ0n) is 19.7. The average molecular weight is 550 g/mol. The molecule has 5 nitrogen and oxygen atoms in total. The van der Waals surface area contributed by atoms with Crippen LogP contribution in [-0.2, 0) is 11.2 Å². The molecule has 3 aromatic carbocycles. The predicted molar refractivity (Wildman–Crippen MR) is 147 cm³/mol. The Labute approximate surface area is 219 Å². The van der Waals surface area contributed by atoms with Crippen molar-refractivity contribution in [2.75, 3.05) is 34.4 Å². The van der Waals surface area contributed by atoms with Crippen LogP contribution in [0.3, 0.4) is 0 Å². The van der Waals surface area contributed by atoms with Gasteiger partial charge in [-0.05, 0) is 74.4 Å². The van der Waals surface area contributed by atoms with Crippen LogP contribution in [0.4, 0.5) is 17.1 Å². The zero-order chi connectivity index (χ0) is 24.3. The Bertz CT molecular complexity index is 1360. The van der Waals surface area contributed by atoms with Crippen LogP contribution >= 0.6 is 27.5 Å².